The lowest BCUT2D eigenvalue weighted by atomic mass is 9.67. The molecule has 0 aliphatic carbocycles. The third-order valence-electron chi connectivity index (χ3n) is 6.15. The van der Waals surface area contributed by atoms with Gasteiger partial charge in [0.2, 0.25) is 0 Å². The summed E-state index contributed by atoms with van der Waals surface area (Å²) in [5, 5.41) is 11.6. The number of carboxylic acid groups (broad SMARTS) is 1. The van der Waals surface area contributed by atoms with Gasteiger partial charge in [-0.05, 0) is 43.8 Å². The van der Waals surface area contributed by atoms with Crippen LogP contribution in [0.4, 0.5) is 4.79 Å². The van der Waals surface area contributed by atoms with E-state index in [1.54, 1.807) is 0 Å². The maximum absolute atomic E-state index is 12.6. The summed E-state index contributed by atoms with van der Waals surface area (Å²) >= 11 is 0. The van der Waals surface area contributed by atoms with Crippen molar-refractivity contribution in [3.63, 3.8) is 0 Å². The van der Waals surface area contributed by atoms with Crippen molar-refractivity contribution in [1.29, 1.82) is 0 Å². The SMILES string of the molecule is CC1(C)CN(C(=O)NCCCC(=O)O)C1C1CCN(Cc2ccccc2)CC1. The summed E-state index contributed by atoms with van der Waals surface area (Å²) in [4.78, 5) is 27.7. The van der Waals surface area contributed by atoms with E-state index in [4.69, 9.17) is 5.11 Å². The zero-order valence-corrected chi connectivity index (χ0v) is 17.1. The standard InChI is InChI=1S/C22H33N3O3/c1-22(2)16-25(21(28)23-12-6-9-19(26)27)20(22)18-10-13-24(14-11-18)15-17-7-4-3-5-8-17/h3-5,7-8,18,20H,6,9-16H2,1-2H3,(H,23,28)(H,26,27). The molecular weight excluding hydrogens is 354 g/mol. The molecule has 2 aliphatic heterocycles. The molecular formula is C22H33N3O3. The van der Waals surface area contributed by atoms with Crippen LogP contribution in [0.3, 0.4) is 0 Å². The van der Waals surface area contributed by atoms with Crippen LogP contribution in [0.15, 0.2) is 30.3 Å². The number of likely N-dealkylation sites (tertiary alicyclic amines) is 2. The average Bonchev–Trinajstić information content (AvgIpc) is 2.65. The van der Waals surface area contributed by atoms with E-state index in [0.29, 0.717) is 18.9 Å². The largest absolute Gasteiger partial charge is 0.481 e. The van der Waals surface area contributed by atoms with Gasteiger partial charge in [0.05, 0.1) is 0 Å². The van der Waals surface area contributed by atoms with Crippen LogP contribution >= 0.6 is 0 Å². The van der Waals surface area contributed by atoms with Gasteiger partial charge >= 0.3 is 12.0 Å². The smallest absolute Gasteiger partial charge is 0.317 e. The first kappa shape index (κ1) is 20.6. The van der Waals surface area contributed by atoms with Gasteiger partial charge in [-0.2, -0.15) is 0 Å². The van der Waals surface area contributed by atoms with E-state index < -0.39 is 5.97 Å². The Morgan fingerprint density at radius 2 is 1.86 bits per heavy atom. The van der Waals surface area contributed by atoms with Gasteiger partial charge in [-0.15, -0.1) is 0 Å². The number of nitrogens with zero attached hydrogens (tertiary/aromatic N) is 2. The number of urea groups is 1. The van der Waals surface area contributed by atoms with Crippen molar-refractivity contribution in [2.45, 2.75) is 52.1 Å². The first-order chi connectivity index (χ1) is 13.4. The molecule has 0 radical (unpaired) electrons. The van der Waals surface area contributed by atoms with Crippen LogP contribution in [0.25, 0.3) is 0 Å². The minimum Gasteiger partial charge on any atom is -0.481 e. The van der Waals surface area contributed by atoms with Crippen molar-refractivity contribution >= 4 is 12.0 Å². The second-order valence-corrected chi connectivity index (χ2v) is 8.89. The molecule has 2 fully saturated rings. The van der Waals surface area contributed by atoms with Crippen molar-refractivity contribution < 1.29 is 14.7 Å². The normalized spacial score (nSPS) is 22.5. The first-order valence-electron chi connectivity index (χ1n) is 10.4. The molecule has 28 heavy (non-hydrogen) atoms. The fraction of sp³-hybridized carbons (Fsp3) is 0.636. The Morgan fingerprint density at radius 3 is 2.46 bits per heavy atom. The molecule has 6 nitrogen and oxygen atoms in total. The number of aliphatic carboxylic acids is 1. The van der Waals surface area contributed by atoms with Gasteiger partial charge in [-0.1, -0.05) is 44.2 Å². The fourth-order valence-corrected chi connectivity index (χ4v) is 4.84. The summed E-state index contributed by atoms with van der Waals surface area (Å²) < 4.78 is 0. The lowest BCUT2D eigenvalue weighted by Gasteiger charge is -2.58. The van der Waals surface area contributed by atoms with Crippen LogP contribution in [0, 0.1) is 11.3 Å². The highest BCUT2D eigenvalue weighted by molar-refractivity contribution is 5.76. The lowest BCUT2D eigenvalue weighted by Crippen LogP contribution is -2.69. The van der Waals surface area contributed by atoms with Gasteiger partial charge in [-0.25, -0.2) is 4.79 Å². The molecule has 1 atom stereocenters. The molecule has 2 aliphatic rings. The highest BCUT2D eigenvalue weighted by Gasteiger charge is 2.51. The fourth-order valence-electron chi connectivity index (χ4n) is 4.84. The van der Waals surface area contributed by atoms with E-state index in [1.165, 1.54) is 5.56 Å². The highest BCUT2D eigenvalue weighted by Crippen LogP contribution is 2.44. The quantitative estimate of drug-likeness (QED) is 0.705. The molecule has 6 heteroatoms. The summed E-state index contributed by atoms with van der Waals surface area (Å²) in [6.45, 7) is 8.83. The molecule has 0 bridgehead atoms. The van der Waals surface area contributed by atoms with Crippen LogP contribution < -0.4 is 5.32 Å². The van der Waals surface area contributed by atoms with E-state index in [1.807, 2.05) is 4.90 Å². The van der Waals surface area contributed by atoms with E-state index in [9.17, 15) is 9.59 Å². The molecule has 1 aromatic rings. The molecule has 3 rings (SSSR count). The third-order valence-corrected chi connectivity index (χ3v) is 6.15. The number of carbonyl (C=O) groups excluding carboxylic acids is 1. The lowest BCUT2D eigenvalue weighted by molar-refractivity contribution is -0.137. The number of rotatable bonds is 7. The maximum Gasteiger partial charge on any atom is 0.317 e. The summed E-state index contributed by atoms with van der Waals surface area (Å²) in [7, 11) is 0. The monoisotopic (exact) mass is 387 g/mol. The van der Waals surface area contributed by atoms with E-state index in [-0.39, 0.29) is 23.9 Å². The van der Waals surface area contributed by atoms with Gasteiger partial charge < -0.3 is 15.3 Å². The number of piperidine rings is 1. The Morgan fingerprint density at radius 1 is 1.18 bits per heavy atom. The highest BCUT2D eigenvalue weighted by atomic mass is 16.4. The van der Waals surface area contributed by atoms with Crippen molar-refractivity contribution in [2.24, 2.45) is 11.3 Å². The van der Waals surface area contributed by atoms with Crippen LogP contribution in [0.2, 0.25) is 0 Å². The predicted octanol–water partition coefficient (Wildman–Crippen LogP) is 3.18. The summed E-state index contributed by atoms with van der Waals surface area (Å²) in [5.74, 6) is -0.292. The minimum atomic E-state index is -0.820. The Balaban J connectivity index is 1.49. The average molecular weight is 388 g/mol. The van der Waals surface area contributed by atoms with E-state index in [0.717, 1.165) is 39.0 Å². The summed E-state index contributed by atoms with van der Waals surface area (Å²) in [6, 6.07) is 10.8. The zero-order chi connectivity index (χ0) is 20.1. The Labute approximate surface area is 167 Å². The van der Waals surface area contributed by atoms with Crippen molar-refractivity contribution in [3.05, 3.63) is 35.9 Å². The second kappa shape index (κ2) is 8.95. The van der Waals surface area contributed by atoms with Crippen molar-refractivity contribution in [2.75, 3.05) is 26.2 Å². The molecule has 154 valence electrons. The molecule has 2 amide bonds. The number of hydrogen-bond donors (Lipinski definition) is 2. The maximum atomic E-state index is 12.6. The van der Waals surface area contributed by atoms with Crippen LogP contribution in [-0.2, 0) is 11.3 Å². The number of benzene rings is 1. The number of amides is 2. The van der Waals surface area contributed by atoms with E-state index in [2.05, 4.69) is 54.4 Å². The van der Waals surface area contributed by atoms with Gasteiger partial charge in [0.15, 0.2) is 0 Å². The number of hydrogen-bond acceptors (Lipinski definition) is 3. The number of carbonyl (C=O) groups is 2. The topological polar surface area (TPSA) is 72.9 Å². The first-order valence-corrected chi connectivity index (χ1v) is 10.4. The molecule has 0 aromatic heterocycles. The second-order valence-electron chi connectivity index (χ2n) is 8.89. The summed E-state index contributed by atoms with van der Waals surface area (Å²) in [5.41, 5.74) is 1.50. The van der Waals surface area contributed by atoms with Crippen molar-refractivity contribution in [3.8, 4) is 0 Å². The molecule has 2 heterocycles. The van der Waals surface area contributed by atoms with Gasteiger partial charge in [0.1, 0.15) is 0 Å². The van der Waals surface area contributed by atoms with Crippen LogP contribution in [0.5, 0.6) is 0 Å². The van der Waals surface area contributed by atoms with Crippen molar-refractivity contribution in [1.82, 2.24) is 15.1 Å². The summed E-state index contributed by atoms with van der Waals surface area (Å²) in [6.07, 6.45) is 2.80. The third kappa shape index (κ3) is 5.04. The van der Waals surface area contributed by atoms with Crippen LogP contribution in [0.1, 0.15) is 45.1 Å². The van der Waals surface area contributed by atoms with Crippen LogP contribution in [-0.4, -0.2) is 59.1 Å². The van der Waals surface area contributed by atoms with Gasteiger partial charge in [0.25, 0.3) is 0 Å². The number of nitrogens with one attached hydrogen (secondary N) is 1. The predicted molar refractivity (Wildman–Crippen MR) is 109 cm³/mol. The molecule has 0 saturated carbocycles. The van der Waals surface area contributed by atoms with Gasteiger partial charge in [0, 0.05) is 37.5 Å². The molecule has 1 aromatic carbocycles. The van der Waals surface area contributed by atoms with Gasteiger partial charge in [-0.3, -0.25) is 9.69 Å². The zero-order valence-electron chi connectivity index (χ0n) is 17.1. The Bertz CT molecular complexity index is 669. The minimum absolute atomic E-state index is 0.0403. The van der Waals surface area contributed by atoms with E-state index >= 15 is 0 Å². The Kier molecular flexibility index (Phi) is 6.60. The number of carboxylic acids is 1. The molecule has 0 spiro atoms. The Hall–Kier alpha value is -2.08. The molecule has 2 N–H and O–H groups in total. The molecule has 2 saturated heterocycles. The molecule has 1 unspecified atom stereocenters.